The summed E-state index contributed by atoms with van der Waals surface area (Å²) in [4.78, 5) is 27.6. The zero-order chi connectivity index (χ0) is 19.3. The van der Waals surface area contributed by atoms with Crippen molar-refractivity contribution in [1.29, 1.82) is 0 Å². The fourth-order valence-electron chi connectivity index (χ4n) is 3.88. The molecule has 2 amide bonds. The van der Waals surface area contributed by atoms with Crippen LogP contribution >= 0.6 is 11.3 Å². The third-order valence-electron chi connectivity index (χ3n) is 5.52. The molecule has 2 aromatic heterocycles. The molecular weight excluding hydrogens is 374 g/mol. The predicted octanol–water partition coefficient (Wildman–Crippen LogP) is 2.89. The second-order valence-corrected chi connectivity index (χ2v) is 8.42. The van der Waals surface area contributed by atoms with Crippen LogP contribution in [-0.4, -0.2) is 50.8 Å². The number of likely N-dealkylation sites (tertiary alicyclic amines) is 1. The Balaban J connectivity index is 1.28. The monoisotopic (exact) mass is 399 g/mol. The Bertz CT molecular complexity index is 831. The molecule has 7 nitrogen and oxygen atoms in total. The van der Waals surface area contributed by atoms with E-state index in [0.29, 0.717) is 18.8 Å². The summed E-state index contributed by atoms with van der Waals surface area (Å²) in [6, 6.07) is 4.41. The van der Waals surface area contributed by atoms with Gasteiger partial charge in [0.05, 0.1) is 12.2 Å². The molecule has 4 rings (SSSR count). The molecule has 2 aromatic rings. The molecule has 3 heterocycles. The quantitative estimate of drug-likeness (QED) is 0.784. The van der Waals surface area contributed by atoms with E-state index in [1.165, 1.54) is 12.8 Å². The zero-order valence-electron chi connectivity index (χ0n) is 15.8. The van der Waals surface area contributed by atoms with Gasteiger partial charge in [0, 0.05) is 30.1 Å². The molecule has 0 spiro atoms. The van der Waals surface area contributed by atoms with Crippen LogP contribution in [0, 0.1) is 0 Å². The molecule has 28 heavy (non-hydrogen) atoms. The summed E-state index contributed by atoms with van der Waals surface area (Å²) in [5, 5.41) is 13.3. The molecule has 2 fully saturated rings. The van der Waals surface area contributed by atoms with E-state index in [2.05, 4.69) is 15.6 Å². The van der Waals surface area contributed by atoms with Gasteiger partial charge in [-0.25, -0.2) is 4.68 Å². The standard InChI is InChI=1S/C20H25N5O2S/c26-19(8-7-17-6-3-13-28-17)24-11-9-16(10-12-24)25-14-18(22-23-25)20(27)21-15-4-1-2-5-15/h3,6-8,13-16H,1-2,4-5,9-12H2,(H,21,27)/b8-7+. The highest BCUT2D eigenvalue weighted by molar-refractivity contribution is 7.10. The topological polar surface area (TPSA) is 80.1 Å². The molecule has 1 saturated carbocycles. The van der Waals surface area contributed by atoms with Crippen LogP contribution in [-0.2, 0) is 4.79 Å². The minimum absolute atomic E-state index is 0.0436. The molecule has 148 valence electrons. The van der Waals surface area contributed by atoms with Gasteiger partial charge in [0.1, 0.15) is 0 Å². The largest absolute Gasteiger partial charge is 0.348 e. The Kier molecular flexibility index (Phi) is 5.85. The summed E-state index contributed by atoms with van der Waals surface area (Å²) in [5.74, 6) is -0.0912. The normalized spacial score (nSPS) is 18.8. The highest BCUT2D eigenvalue weighted by Crippen LogP contribution is 2.23. The smallest absolute Gasteiger partial charge is 0.273 e. The molecule has 0 atom stereocenters. The number of thiophene rings is 1. The van der Waals surface area contributed by atoms with Gasteiger partial charge in [-0.15, -0.1) is 16.4 Å². The number of carbonyl (C=O) groups excluding carboxylic acids is 2. The maximum absolute atomic E-state index is 12.4. The summed E-state index contributed by atoms with van der Waals surface area (Å²) >= 11 is 1.61. The number of hydrogen-bond donors (Lipinski definition) is 1. The van der Waals surface area contributed by atoms with Gasteiger partial charge in [0.25, 0.3) is 5.91 Å². The zero-order valence-corrected chi connectivity index (χ0v) is 16.6. The molecule has 0 radical (unpaired) electrons. The number of carbonyl (C=O) groups is 2. The third kappa shape index (κ3) is 4.49. The Morgan fingerprint density at radius 1 is 1.18 bits per heavy atom. The van der Waals surface area contributed by atoms with Crippen LogP contribution in [0.2, 0.25) is 0 Å². The lowest BCUT2D eigenvalue weighted by atomic mass is 10.1. The Hall–Kier alpha value is -2.48. The fourth-order valence-corrected chi connectivity index (χ4v) is 4.50. The van der Waals surface area contributed by atoms with Gasteiger partial charge in [0.15, 0.2) is 5.69 Å². The van der Waals surface area contributed by atoms with Crippen molar-refractivity contribution >= 4 is 29.2 Å². The lowest BCUT2D eigenvalue weighted by molar-refractivity contribution is -0.127. The summed E-state index contributed by atoms with van der Waals surface area (Å²) in [5.41, 5.74) is 0.379. The van der Waals surface area contributed by atoms with Crippen LogP contribution in [0.5, 0.6) is 0 Å². The highest BCUT2D eigenvalue weighted by Gasteiger charge is 2.25. The van der Waals surface area contributed by atoms with Crippen molar-refractivity contribution in [3.8, 4) is 0 Å². The maximum atomic E-state index is 12.4. The van der Waals surface area contributed by atoms with Gasteiger partial charge >= 0.3 is 0 Å². The van der Waals surface area contributed by atoms with Crippen molar-refractivity contribution in [3.05, 3.63) is 40.4 Å². The molecule has 0 unspecified atom stereocenters. The first kappa shape index (κ1) is 18.9. The minimum Gasteiger partial charge on any atom is -0.348 e. The lowest BCUT2D eigenvalue weighted by Gasteiger charge is -2.31. The number of piperidine rings is 1. The molecule has 1 aliphatic heterocycles. The summed E-state index contributed by atoms with van der Waals surface area (Å²) in [6.07, 6.45) is 11.3. The second-order valence-electron chi connectivity index (χ2n) is 7.44. The van der Waals surface area contributed by atoms with E-state index in [9.17, 15) is 9.59 Å². The Morgan fingerprint density at radius 2 is 1.96 bits per heavy atom. The second kappa shape index (κ2) is 8.68. The summed E-state index contributed by atoms with van der Waals surface area (Å²) in [7, 11) is 0. The van der Waals surface area contributed by atoms with E-state index in [1.807, 2.05) is 28.5 Å². The third-order valence-corrected chi connectivity index (χ3v) is 6.35. The van der Waals surface area contributed by atoms with Crippen LogP contribution in [0.1, 0.15) is 59.9 Å². The van der Waals surface area contributed by atoms with Gasteiger partial charge in [-0.3, -0.25) is 9.59 Å². The molecule has 1 saturated heterocycles. The molecule has 0 bridgehead atoms. The SMILES string of the molecule is O=C(NC1CCCC1)c1cn(C2CCN(C(=O)/C=C/c3cccs3)CC2)nn1. The van der Waals surface area contributed by atoms with E-state index in [0.717, 1.165) is 30.6 Å². The van der Waals surface area contributed by atoms with E-state index in [1.54, 1.807) is 28.3 Å². The van der Waals surface area contributed by atoms with Crippen molar-refractivity contribution in [1.82, 2.24) is 25.2 Å². The minimum atomic E-state index is -0.135. The molecular formula is C20H25N5O2S. The van der Waals surface area contributed by atoms with Crippen molar-refractivity contribution in [2.75, 3.05) is 13.1 Å². The number of hydrogen-bond acceptors (Lipinski definition) is 5. The number of rotatable bonds is 5. The first-order valence-corrected chi connectivity index (χ1v) is 10.8. The maximum Gasteiger partial charge on any atom is 0.273 e. The van der Waals surface area contributed by atoms with Crippen LogP contribution in [0.15, 0.2) is 29.8 Å². The average Bonchev–Trinajstić information content (AvgIpc) is 3.48. The summed E-state index contributed by atoms with van der Waals surface area (Å²) in [6.45, 7) is 1.36. The first-order valence-electron chi connectivity index (χ1n) is 9.92. The van der Waals surface area contributed by atoms with Gasteiger partial charge in [0.2, 0.25) is 5.91 Å². The van der Waals surface area contributed by atoms with Gasteiger partial charge < -0.3 is 10.2 Å². The van der Waals surface area contributed by atoms with Crippen molar-refractivity contribution in [2.24, 2.45) is 0 Å². The molecule has 1 N–H and O–H groups in total. The Labute approximate surface area is 168 Å². The van der Waals surface area contributed by atoms with Gasteiger partial charge in [-0.2, -0.15) is 0 Å². The van der Waals surface area contributed by atoms with E-state index in [-0.39, 0.29) is 23.9 Å². The van der Waals surface area contributed by atoms with Gasteiger partial charge in [-0.05, 0) is 43.2 Å². The van der Waals surface area contributed by atoms with E-state index >= 15 is 0 Å². The molecule has 2 aliphatic rings. The lowest BCUT2D eigenvalue weighted by Crippen LogP contribution is -2.38. The average molecular weight is 400 g/mol. The molecule has 8 heteroatoms. The highest BCUT2D eigenvalue weighted by atomic mass is 32.1. The van der Waals surface area contributed by atoms with Crippen molar-refractivity contribution in [2.45, 2.75) is 50.6 Å². The number of nitrogens with zero attached hydrogens (tertiary/aromatic N) is 4. The van der Waals surface area contributed by atoms with Crippen molar-refractivity contribution < 1.29 is 9.59 Å². The number of amides is 2. The fraction of sp³-hybridized carbons (Fsp3) is 0.500. The van der Waals surface area contributed by atoms with E-state index < -0.39 is 0 Å². The number of nitrogens with one attached hydrogen (secondary N) is 1. The first-order chi connectivity index (χ1) is 13.7. The van der Waals surface area contributed by atoms with Crippen LogP contribution in [0.3, 0.4) is 0 Å². The van der Waals surface area contributed by atoms with E-state index in [4.69, 9.17) is 0 Å². The van der Waals surface area contributed by atoms with Crippen LogP contribution in [0.4, 0.5) is 0 Å². The molecule has 1 aliphatic carbocycles. The Morgan fingerprint density at radius 3 is 2.68 bits per heavy atom. The van der Waals surface area contributed by atoms with Crippen molar-refractivity contribution in [3.63, 3.8) is 0 Å². The predicted molar refractivity (Wildman–Crippen MR) is 108 cm³/mol. The number of aromatic nitrogens is 3. The van der Waals surface area contributed by atoms with Crippen LogP contribution in [0.25, 0.3) is 6.08 Å². The van der Waals surface area contributed by atoms with Crippen LogP contribution < -0.4 is 5.32 Å². The molecule has 0 aromatic carbocycles. The summed E-state index contributed by atoms with van der Waals surface area (Å²) < 4.78 is 1.78. The van der Waals surface area contributed by atoms with Gasteiger partial charge in [-0.1, -0.05) is 24.1 Å².